The number of para-hydroxylation sites is 1. The molecule has 0 saturated carbocycles. The fraction of sp³-hybridized carbons (Fsp3) is 0.190. The first-order valence-corrected chi connectivity index (χ1v) is 9.95. The van der Waals surface area contributed by atoms with Crippen LogP contribution in [0.15, 0.2) is 47.6 Å². The quantitative estimate of drug-likeness (QED) is 0.635. The lowest BCUT2D eigenvalue weighted by molar-refractivity contribution is -0.157. The second-order valence-corrected chi connectivity index (χ2v) is 8.02. The Kier molecular flexibility index (Phi) is 4.33. The van der Waals surface area contributed by atoms with Gasteiger partial charge in [0, 0.05) is 33.6 Å². The Hall–Kier alpha value is -2.83. The molecule has 29 heavy (non-hydrogen) atoms. The first-order valence-electron chi connectivity index (χ1n) is 9.19. The molecule has 0 unspecified atom stereocenters. The first kappa shape index (κ1) is 18.2. The number of hydrogen-bond acceptors (Lipinski definition) is 3. The Morgan fingerprint density at radius 1 is 1.10 bits per heavy atom. The summed E-state index contributed by atoms with van der Waals surface area (Å²) in [6, 6.07) is 12.4. The maximum atomic E-state index is 13.1. The minimum absolute atomic E-state index is 0.0907. The Balaban J connectivity index is 1.44. The predicted octanol–water partition coefficient (Wildman–Crippen LogP) is 3.60. The molecule has 1 atom stereocenters. The normalized spacial score (nSPS) is 19.2. The molecule has 1 fully saturated rings. The van der Waals surface area contributed by atoms with Crippen LogP contribution < -0.4 is 0 Å². The van der Waals surface area contributed by atoms with Crippen LogP contribution in [0, 0.1) is 0 Å². The molecular formula is C21H16Cl2N4O2. The molecule has 2 aliphatic heterocycles. The van der Waals surface area contributed by atoms with E-state index >= 15 is 0 Å². The Morgan fingerprint density at radius 3 is 2.76 bits per heavy atom. The van der Waals surface area contributed by atoms with Crippen LogP contribution >= 0.6 is 23.2 Å². The van der Waals surface area contributed by atoms with Crippen LogP contribution in [0.3, 0.4) is 0 Å². The Morgan fingerprint density at radius 2 is 1.93 bits per heavy atom. The van der Waals surface area contributed by atoms with E-state index in [1.54, 1.807) is 23.1 Å². The molecule has 146 valence electrons. The number of benzene rings is 2. The van der Waals surface area contributed by atoms with Gasteiger partial charge in [-0.15, -0.1) is 0 Å². The van der Waals surface area contributed by atoms with Gasteiger partial charge in [0.1, 0.15) is 12.6 Å². The van der Waals surface area contributed by atoms with Crippen LogP contribution in [-0.4, -0.2) is 45.5 Å². The van der Waals surface area contributed by atoms with E-state index in [1.165, 1.54) is 11.2 Å². The average molecular weight is 427 g/mol. The lowest BCUT2D eigenvalue weighted by Gasteiger charge is -2.40. The number of nitrogens with one attached hydrogen (secondary N) is 1. The van der Waals surface area contributed by atoms with Gasteiger partial charge in [-0.25, -0.2) is 5.01 Å². The second-order valence-electron chi connectivity index (χ2n) is 7.18. The molecule has 8 heteroatoms. The van der Waals surface area contributed by atoms with Gasteiger partial charge >= 0.3 is 0 Å². The molecule has 1 aromatic heterocycles. The number of hydrogen-bond donors (Lipinski definition) is 1. The zero-order valence-electron chi connectivity index (χ0n) is 15.2. The van der Waals surface area contributed by atoms with E-state index in [-0.39, 0.29) is 18.4 Å². The standard InChI is InChI=1S/C21H16Cl2N4O2/c22-13-6-5-12(16(23)7-13)9-24-27-11-20(28)26-10-18-15(8-19(26)21(27)29)14-3-1-2-4-17(14)25-18/h1-7,9,19,25H,8,10-11H2/b24-9+/t19-/m0/s1. The van der Waals surface area contributed by atoms with Gasteiger partial charge < -0.3 is 9.88 Å². The summed E-state index contributed by atoms with van der Waals surface area (Å²) in [5.41, 5.74) is 3.73. The molecule has 0 bridgehead atoms. The lowest BCUT2D eigenvalue weighted by Crippen LogP contribution is -2.60. The minimum Gasteiger partial charge on any atom is -0.357 e. The van der Waals surface area contributed by atoms with Gasteiger partial charge in [0.2, 0.25) is 5.91 Å². The fourth-order valence-corrected chi connectivity index (χ4v) is 4.45. The van der Waals surface area contributed by atoms with Crippen molar-refractivity contribution in [3.63, 3.8) is 0 Å². The van der Waals surface area contributed by atoms with Crippen LogP contribution in [0.5, 0.6) is 0 Å². The third kappa shape index (κ3) is 3.09. The molecule has 2 aliphatic rings. The number of halogens is 2. The topological polar surface area (TPSA) is 68.8 Å². The number of piperazine rings is 1. The largest absolute Gasteiger partial charge is 0.357 e. The number of rotatable bonds is 2. The summed E-state index contributed by atoms with van der Waals surface area (Å²) in [5, 5.41) is 7.52. The molecule has 6 nitrogen and oxygen atoms in total. The number of carbonyl (C=O) groups is 2. The molecule has 3 heterocycles. The van der Waals surface area contributed by atoms with Crippen molar-refractivity contribution in [2.24, 2.45) is 5.10 Å². The van der Waals surface area contributed by atoms with Crippen LogP contribution in [0.1, 0.15) is 16.8 Å². The first-order chi connectivity index (χ1) is 14.0. The average Bonchev–Trinajstić information content (AvgIpc) is 3.07. The predicted molar refractivity (Wildman–Crippen MR) is 112 cm³/mol. The van der Waals surface area contributed by atoms with E-state index in [4.69, 9.17) is 23.2 Å². The summed E-state index contributed by atoms with van der Waals surface area (Å²) in [7, 11) is 0. The van der Waals surface area contributed by atoms with Gasteiger partial charge in [0.05, 0.1) is 17.8 Å². The van der Waals surface area contributed by atoms with E-state index in [2.05, 4.69) is 10.1 Å². The van der Waals surface area contributed by atoms with Crippen LogP contribution in [0.2, 0.25) is 10.0 Å². The molecule has 2 amide bonds. The number of fused-ring (bicyclic) bond motifs is 4. The molecule has 1 saturated heterocycles. The SMILES string of the molecule is O=C1[C@@H]2Cc3c([nH]c4ccccc34)CN2C(=O)CN1/N=C/c1ccc(Cl)cc1Cl. The third-order valence-corrected chi connectivity index (χ3v) is 6.01. The molecule has 0 radical (unpaired) electrons. The number of nitrogens with zero attached hydrogens (tertiary/aromatic N) is 3. The highest BCUT2D eigenvalue weighted by atomic mass is 35.5. The summed E-state index contributed by atoms with van der Waals surface area (Å²) in [6.45, 7) is 0.312. The number of amides is 2. The molecule has 0 aliphatic carbocycles. The van der Waals surface area contributed by atoms with Crippen LogP contribution in [0.25, 0.3) is 10.9 Å². The molecule has 0 spiro atoms. The smallest absolute Gasteiger partial charge is 0.266 e. The zero-order chi connectivity index (χ0) is 20.1. The van der Waals surface area contributed by atoms with Crippen LogP contribution in [-0.2, 0) is 22.6 Å². The second kappa shape index (κ2) is 6.90. The molecule has 5 rings (SSSR count). The lowest BCUT2D eigenvalue weighted by atomic mass is 9.94. The van der Waals surface area contributed by atoms with Crippen molar-refractivity contribution in [3.05, 3.63) is 69.3 Å². The monoisotopic (exact) mass is 426 g/mol. The Labute approximate surface area is 176 Å². The van der Waals surface area contributed by atoms with E-state index in [0.29, 0.717) is 28.6 Å². The number of carbonyl (C=O) groups excluding carboxylic acids is 2. The minimum atomic E-state index is -0.555. The van der Waals surface area contributed by atoms with Crippen molar-refractivity contribution in [2.45, 2.75) is 19.0 Å². The maximum absolute atomic E-state index is 13.1. The maximum Gasteiger partial charge on any atom is 0.266 e. The number of hydrazone groups is 1. The molecule has 1 N–H and O–H groups in total. The highest BCUT2D eigenvalue weighted by Gasteiger charge is 2.43. The van der Waals surface area contributed by atoms with Crippen molar-refractivity contribution < 1.29 is 9.59 Å². The number of aromatic amines is 1. The molecule has 3 aromatic rings. The van der Waals surface area contributed by atoms with E-state index in [1.807, 2.05) is 24.3 Å². The van der Waals surface area contributed by atoms with E-state index in [9.17, 15) is 9.59 Å². The highest BCUT2D eigenvalue weighted by Crippen LogP contribution is 2.32. The summed E-state index contributed by atoms with van der Waals surface area (Å²) >= 11 is 12.1. The zero-order valence-corrected chi connectivity index (χ0v) is 16.7. The van der Waals surface area contributed by atoms with Crippen molar-refractivity contribution >= 4 is 52.1 Å². The van der Waals surface area contributed by atoms with Crippen molar-refractivity contribution in [2.75, 3.05) is 6.54 Å². The van der Waals surface area contributed by atoms with Crippen LogP contribution in [0.4, 0.5) is 0 Å². The van der Waals surface area contributed by atoms with E-state index in [0.717, 1.165) is 22.2 Å². The van der Waals surface area contributed by atoms with Gasteiger partial charge in [-0.1, -0.05) is 47.5 Å². The van der Waals surface area contributed by atoms with Gasteiger partial charge in [-0.2, -0.15) is 5.10 Å². The highest BCUT2D eigenvalue weighted by molar-refractivity contribution is 6.36. The van der Waals surface area contributed by atoms with Crippen molar-refractivity contribution in [1.29, 1.82) is 0 Å². The van der Waals surface area contributed by atoms with Crippen molar-refractivity contribution in [1.82, 2.24) is 14.9 Å². The number of aromatic nitrogens is 1. The third-order valence-electron chi connectivity index (χ3n) is 5.45. The Bertz CT molecular complexity index is 1190. The van der Waals surface area contributed by atoms with Gasteiger partial charge in [-0.3, -0.25) is 9.59 Å². The summed E-state index contributed by atoms with van der Waals surface area (Å²) < 4.78 is 0. The molecule has 2 aromatic carbocycles. The molecular weight excluding hydrogens is 411 g/mol. The van der Waals surface area contributed by atoms with Gasteiger partial charge in [0.15, 0.2) is 0 Å². The van der Waals surface area contributed by atoms with Gasteiger partial charge in [-0.05, 0) is 23.8 Å². The van der Waals surface area contributed by atoms with E-state index < -0.39 is 6.04 Å². The summed E-state index contributed by atoms with van der Waals surface area (Å²) in [5.74, 6) is -0.319. The van der Waals surface area contributed by atoms with Gasteiger partial charge in [0.25, 0.3) is 5.91 Å². The van der Waals surface area contributed by atoms with Crippen molar-refractivity contribution in [3.8, 4) is 0 Å². The summed E-state index contributed by atoms with van der Waals surface area (Å²) in [6.07, 6.45) is 1.96. The fourth-order valence-electron chi connectivity index (χ4n) is 4.00. The number of H-pyrrole nitrogens is 1. The summed E-state index contributed by atoms with van der Waals surface area (Å²) in [4.78, 5) is 30.8.